The van der Waals surface area contributed by atoms with Gasteiger partial charge in [0, 0.05) is 47.6 Å². The molecule has 0 amide bonds. The van der Waals surface area contributed by atoms with Crippen LogP contribution in [0, 0.1) is 5.82 Å². The number of halogens is 2. The molecule has 1 saturated heterocycles. The molecule has 4 aliphatic rings. The lowest BCUT2D eigenvalue weighted by Gasteiger charge is -2.28. The average Bonchev–Trinajstić information content (AvgIpc) is 3.65. The maximum atomic E-state index is 12.4. The molecule has 2 fully saturated rings. The van der Waals surface area contributed by atoms with Crippen LogP contribution < -0.4 is 4.72 Å². The fourth-order valence-electron chi connectivity index (χ4n) is 4.46. The van der Waals surface area contributed by atoms with Crippen molar-refractivity contribution in [2.45, 2.75) is 77.0 Å². The smallest absolute Gasteiger partial charge is 0.337 e. The molecular formula is C28H38ClFN4O2S. The number of amidine groups is 1. The first-order chi connectivity index (χ1) is 18.0. The minimum absolute atomic E-state index is 0.231. The van der Waals surface area contributed by atoms with Crippen molar-refractivity contribution in [3.63, 3.8) is 0 Å². The summed E-state index contributed by atoms with van der Waals surface area (Å²) in [4.78, 5) is 23.7. The molecule has 9 heteroatoms. The summed E-state index contributed by atoms with van der Waals surface area (Å²) < 4.78 is 21.0. The number of carbonyl (C=O) groups excluding carboxylic acids is 1. The predicted molar refractivity (Wildman–Crippen MR) is 153 cm³/mol. The van der Waals surface area contributed by atoms with Crippen molar-refractivity contribution >= 4 is 41.1 Å². The summed E-state index contributed by atoms with van der Waals surface area (Å²) in [5.74, 6) is 0.400. The van der Waals surface area contributed by atoms with Gasteiger partial charge in [-0.2, -0.15) is 0 Å². The summed E-state index contributed by atoms with van der Waals surface area (Å²) in [7, 11) is 0. The topological polar surface area (TPSA) is 66.3 Å². The number of esters is 1. The molecule has 0 spiro atoms. The van der Waals surface area contributed by atoms with Gasteiger partial charge in [0.05, 0.1) is 24.4 Å². The molecule has 1 N–H and O–H groups in total. The van der Waals surface area contributed by atoms with Crippen LogP contribution in [0.5, 0.6) is 0 Å². The van der Waals surface area contributed by atoms with E-state index in [9.17, 15) is 9.18 Å². The number of rotatable bonds is 6. The summed E-state index contributed by atoms with van der Waals surface area (Å²) in [6.07, 6.45) is 12.1. The van der Waals surface area contributed by atoms with Crippen LogP contribution in [0.15, 0.2) is 57.8 Å². The third kappa shape index (κ3) is 8.69. The number of aliphatic imine (C=N–C) groups is 2. The van der Waals surface area contributed by atoms with Crippen LogP contribution in [-0.4, -0.2) is 53.4 Å². The van der Waals surface area contributed by atoms with Crippen molar-refractivity contribution in [1.29, 1.82) is 0 Å². The Morgan fingerprint density at radius 3 is 2.62 bits per heavy atom. The Bertz CT molecular complexity index is 1020. The SMILES string of the molecule is CCC.CCOC(=O)C1=C2CC(NSC3CCCC3)CN2C(C2=NC=CC2)=NC1.Fc1cccc(Cl)c1. The number of hydrogen-bond acceptors (Lipinski definition) is 7. The minimum Gasteiger partial charge on any atom is -0.463 e. The van der Waals surface area contributed by atoms with E-state index >= 15 is 0 Å². The van der Waals surface area contributed by atoms with Crippen LogP contribution in [0.2, 0.25) is 5.02 Å². The van der Waals surface area contributed by atoms with Gasteiger partial charge in [0.15, 0.2) is 5.84 Å². The Kier molecular flexibility index (Phi) is 12.2. The normalized spacial score (nSPS) is 20.5. The van der Waals surface area contributed by atoms with E-state index in [1.165, 1.54) is 44.2 Å². The third-order valence-electron chi connectivity index (χ3n) is 6.08. The number of fused-ring (bicyclic) bond motifs is 1. The molecule has 37 heavy (non-hydrogen) atoms. The molecule has 1 atom stereocenters. The Morgan fingerprint density at radius 1 is 1.27 bits per heavy atom. The van der Waals surface area contributed by atoms with E-state index in [4.69, 9.17) is 16.3 Å². The highest BCUT2D eigenvalue weighted by Gasteiger charge is 2.38. The fraction of sp³-hybridized carbons (Fsp3) is 0.536. The Morgan fingerprint density at radius 2 is 2.03 bits per heavy atom. The molecule has 1 aliphatic carbocycles. The monoisotopic (exact) mass is 548 g/mol. The number of hydrogen-bond donors (Lipinski definition) is 1. The molecular weight excluding hydrogens is 511 g/mol. The van der Waals surface area contributed by atoms with E-state index in [2.05, 4.69) is 33.5 Å². The van der Waals surface area contributed by atoms with Gasteiger partial charge < -0.3 is 9.64 Å². The zero-order valence-corrected chi connectivity index (χ0v) is 23.6. The lowest BCUT2D eigenvalue weighted by Crippen LogP contribution is -2.39. The van der Waals surface area contributed by atoms with Gasteiger partial charge in [-0.25, -0.2) is 9.18 Å². The summed E-state index contributed by atoms with van der Waals surface area (Å²) in [5.41, 5.74) is 2.76. The molecule has 0 radical (unpaired) electrons. The van der Waals surface area contributed by atoms with E-state index in [0.29, 0.717) is 29.8 Å². The van der Waals surface area contributed by atoms with E-state index in [0.717, 1.165) is 41.9 Å². The molecule has 6 nitrogen and oxygen atoms in total. The molecule has 1 saturated carbocycles. The highest BCUT2D eigenvalue weighted by atomic mass is 35.5. The highest BCUT2D eigenvalue weighted by Crippen LogP contribution is 2.33. The van der Waals surface area contributed by atoms with E-state index in [1.54, 1.807) is 12.1 Å². The average molecular weight is 549 g/mol. The first-order valence-corrected chi connectivity index (χ1v) is 14.5. The second-order valence-electron chi connectivity index (χ2n) is 9.25. The van der Waals surface area contributed by atoms with Crippen molar-refractivity contribution in [1.82, 2.24) is 9.62 Å². The van der Waals surface area contributed by atoms with Gasteiger partial charge in [0.2, 0.25) is 0 Å². The fourth-order valence-corrected chi connectivity index (χ4v) is 5.75. The van der Waals surface area contributed by atoms with Gasteiger partial charge in [-0.3, -0.25) is 14.7 Å². The van der Waals surface area contributed by atoms with Gasteiger partial charge in [-0.15, -0.1) is 0 Å². The zero-order valence-electron chi connectivity index (χ0n) is 22.0. The zero-order chi connectivity index (χ0) is 26.6. The summed E-state index contributed by atoms with van der Waals surface area (Å²) in [5, 5.41) is 1.16. The summed E-state index contributed by atoms with van der Waals surface area (Å²) in [6.45, 7) is 7.70. The van der Waals surface area contributed by atoms with Crippen LogP contribution in [0.4, 0.5) is 4.39 Å². The molecule has 0 aromatic heterocycles. The predicted octanol–water partition coefficient (Wildman–Crippen LogP) is 6.72. The molecule has 1 aromatic rings. The minimum atomic E-state index is -0.294. The molecule has 1 unspecified atom stereocenters. The largest absolute Gasteiger partial charge is 0.463 e. The highest BCUT2D eigenvalue weighted by molar-refractivity contribution is 7.98. The van der Waals surface area contributed by atoms with Crippen molar-refractivity contribution in [3.8, 4) is 0 Å². The van der Waals surface area contributed by atoms with Gasteiger partial charge in [-0.05, 0) is 38.0 Å². The number of benzene rings is 1. The standard InChI is InChI=1S/C19H26N4O2S.C6H4ClF.C3H8/c1-2-25-19(24)15-11-21-18(16-8-5-9-20-16)23-12-13(10-17(15)23)22-26-14-6-3-4-7-14;7-5-2-1-3-6(8)4-5;1-3-2/h5,9,13-14,22H,2-4,6-8,10-12H2,1H3;1-4H;3H2,1-2H3. The Hall–Kier alpha value is -2.16. The molecule has 1 aromatic carbocycles. The van der Waals surface area contributed by atoms with Gasteiger partial charge in [0.25, 0.3) is 0 Å². The van der Waals surface area contributed by atoms with E-state index < -0.39 is 0 Å². The van der Waals surface area contributed by atoms with Crippen LogP contribution >= 0.6 is 23.5 Å². The van der Waals surface area contributed by atoms with Crippen molar-refractivity contribution in [2.24, 2.45) is 9.98 Å². The van der Waals surface area contributed by atoms with Crippen LogP contribution in [0.3, 0.4) is 0 Å². The van der Waals surface area contributed by atoms with Crippen LogP contribution in [0.25, 0.3) is 0 Å². The van der Waals surface area contributed by atoms with Crippen LogP contribution in [0.1, 0.15) is 65.7 Å². The number of ether oxygens (including phenoxy) is 1. The molecule has 3 heterocycles. The van der Waals surface area contributed by atoms with Crippen LogP contribution in [-0.2, 0) is 9.53 Å². The molecule has 3 aliphatic heterocycles. The second-order valence-corrected chi connectivity index (χ2v) is 10.8. The van der Waals surface area contributed by atoms with Gasteiger partial charge in [0.1, 0.15) is 5.82 Å². The summed E-state index contributed by atoms with van der Waals surface area (Å²) >= 11 is 7.29. The first-order valence-electron chi connectivity index (χ1n) is 13.2. The Balaban J connectivity index is 0.000000290. The van der Waals surface area contributed by atoms with Gasteiger partial charge in [-0.1, -0.05) is 68.8 Å². The van der Waals surface area contributed by atoms with Crippen molar-refractivity contribution in [2.75, 3.05) is 19.7 Å². The van der Waals surface area contributed by atoms with Gasteiger partial charge >= 0.3 is 5.97 Å². The second kappa shape index (κ2) is 15.3. The van der Waals surface area contributed by atoms with Crippen molar-refractivity contribution < 1.29 is 13.9 Å². The molecule has 0 bridgehead atoms. The molecule has 5 rings (SSSR count). The lowest BCUT2D eigenvalue weighted by molar-refractivity contribution is -0.138. The maximum Gasteiger partial charge on any atom is 0.337 e. The number of nitrogens with one attached hydrogen (secondary N) is 1. The summed E-state index contributed by atoms with van der Waals surface area (Å²) in [6, 6.07) is 6.13. The molecule has 202 valence electrons. The third-order valence-corrected chi connectivity index (χ3v) is 7.59. The van der Waals surface area contributed by atoms with Crippen molar-refractivity contribution in [3.05, 3.63) is 58.7 Å². The maximum absolute atomic E-state index is 12.4. The first kappa shape index (κ1) is 29.4. The number of allylic oxidation sites excluding steroid dienone is 1. The Labute approximate surface area is 229 Å². The lowest BCUT2D eigenvalue weighted by atomic mass is 10.1. The quantitative estimate of drug-likeness (QED) is 0.315. The number of carbonyl (C=O) groups is 1. The number of nitrogens with zero attached hydrogens (tertiary/aromatic N) is 3. The van der Waals surface area contributed by atoms with E-state index in [-0.39, 0.29) is 11.8 Å². The van der Waals surface area contributed by atoms with E-state index in [1.807, 2.05) is 31.1 Å².